The predicted molar refractivity (Wildman–Crippen MR) is 52.5 cm³/mol. The van der Waals surface area contributed by atoms with E-state index >= 15 is 0 Å². The van der Waals surface area contributed by atoms with Crippen LogP contribution in [0.15, 0.2) is 35.1 Å². The summed E-state index contributed by atoms with van der Waals surface area (Å²) in [6.07, 6.45) is 0. The summed E-state index contributed by atoms with van der Waals surface area (Å²) in [5, 5.41) is 17.9. The van der Waals surface area contributed by atoms with Gasteiger partial charge >= 0.3 is 11.2 Å². The Balaban J connectivity index is 2.91. The average molecular weight is 203 g/mol. The number of hydrogen-bond acceptors (Lipinski definition) is 5. The SMILES string of the molecule is O=c1nnc2ccccc2cc1[N+](=O)[O-]. The molecule has 1 aromatic heterocycles. The van der Waals surface area contributed by atoms with Gasteiger partial charge < -0.3 is 0 Å². The van der Waals surface area contributed by atoms with Crippen molar-refractivity contribution in [1.29, 1.82) is 0 Å². The zero-order valence-electron chi connectivity index (χ0n) is 7.45. The third-order valence-corrected chi connectivity index (χ3v) is 1.89. The molecule has 1 aromatic carbocycles. The monoisotopic (exact) mass is 203 g/mol. The minimum atomic E-state index is -0.934. The van der Waals surface area contributed by atoms with Gasteiger partial charge in [0.25, 0.3) is 0 Å². The largest absolute Gasteiger partial charge is 0.366 e. The molecule has 0 fully saturated rings. The lowest BCUT2D eigenvalue weighted by atomic mass is 10.2. The Morgan fingerprint density at radius 1 is 1.20 bits per heavy atom. The highest BCUT2D eigenvalue weighted by atomic mass is 16.6. The van der Waals surface area contributed by atoms with E-state index in [4.69, 9.17) is 0 Å². The Hall–Kier alpha value is -2.37. The Morgan fingerprint density at radius 2 is 1.93 bits per heavy atom. The Morgan fingerprint density at radius 3 is 2.67 bits per heavy atom. The molecule has 0 bridgehead atoms. The summed E-state index contributed by atoms with van der Waals surface area (Å²) >= 11 is 0. The Bertz CT molecular complexity index is 597. The first-order valence-corrected chi connectivity index (χ1v) is 4.09. The van der Waals surface area contributed by atoms with Crippen molar-refractivity contribution < 1.29 is 4.92 Å². The number of benzene rings is 1. The summed E-state index contributed by atoms with van der Waals surface area (Å²) in [4.78, 5) is 20.9. The van der Waals surface area contributed by atoms with Crippen LogP contribution < -0.4 is 5.56 Å². The summed E-state index contributed by atoms with van der Waals surface area (Å²) in [6.45, 7) is 0. The van der Waals surface area contributed by atoms with Gasteiger partial charge in [-0.25, -0.2) is 0 Å². The van der Waals surface area contributed by atoms with Crippen LogP contribution in [0.3, 0.4) is 0 Å². The quantitative estimate of drug-likeness (QED) is 0.507. The Kier molecular flexibility index (Phi) is 2.09. The van der Waals surface area contributed by atoms with E-state index < -0.39 is 16.2 Å². The molecule has 2 rings (SSSR count). The van der Waals surface area contributed by atoms with E-state index in [2.05, 4.69) is 10.2 Å². The second kappa shape index (κ2) is 3.41. The Labute approximate surface area is 83.3 Å². The lowest BCUT2D eigenvalue weighted by Crippen LogP contribution is -2.08. The van der Waals surface area contributed by atoms with Gasteiger partial charge in [-0.05, 0) is 6.07 Å². The minimum absolute atomic E-state index is 0.447. The van der Waals surface area contributed by atoms with Gasteiger partial charge in [0.15, 0.2) is 0 Å². The van der Waals surface area contributed by atoms with Crippen LogP contribution in [0, 0.1) is 10.1 Å². The van der Waals surface area contributed by atoms with Crippen LogP contribution in [-0.2, 0) is 0 Å². The van der Waals surface area contributed by atoms with E-state index in [0.29, 0.717) is 10.9 Å². The van der Waals surface area contributed by atoms with Crippen molar-refractivity contribution in [2.45, 2.75) is 0 Å². The molecule has 0 atom stereocenters. The molecule has 0 aliphatic rings. The molecular weight excluding hydrogens is 198 g/mol. The maximum atomic E-state index is 11.2. The molecular formula is C9H5N3O3. The molecule has 0 aliphatic carbocycles. The van der Waals surface area contributed by atoms with Gasteiger partial charge in [-0.15, -0.1) is 10.2 Å². The van der Waals surface area contributed by atoms with Crippen LogP contribution >= 0.6 is 0 Å². The first kappa shape index (κ1) is 9.20. The first-order chi connectivity index (χ1) is 7.18. The van der Waals surface area contributed by atoms with Gasteiger partial charge in [-0.3, -0.25) is 14.9 Å². The predicted octanol–water partition coefficient (Wildman–Crippen LogP) is 0.898. The van der Waals surface area contributed by atoms with Crippen LogP contribution in [0.25, 0.3) is 10.9 Å². The molecule has 2 aromatic rings. The van der Waals surface area contributed by atoms with E-state index in [9.17, 15) is 14.9 Å². The van der Waals surface area contributed by atoms with Gasteiger partial charge in [0.2, 0.25) is 0 Å². The zero-order valence-corrected chi connectivity index (χ0v) is 7.45. The maximum Gasteiger partial charge on any atom is 0.366 e. The van der Waals surface area contributed by atoms with E-state index in [-0.39, 0.29) is 0 Å². The molecule has 0 unspecified atom stereocenters. The second-order valence-corrected chi connectivity index (χ2v) is 2.85. The smallest absolute Gasteiger partial charge is 0.258 e. The van der Waals surface area contributed by atoms with Gasteiger partial charge in [0.1, 0.15) is 0 Å². The molecule has 6 nitrogen and oxygen atoms in total. The molecule has 0 saturated carbocycles. The van der Waals surface area contributed by atoms with Crippen molar-refractivity contribution in [1.82, 2.24) is 10.2 Å². The fourth-order valence-corrected chi connectivity index (χ4v) is 1.19. The minimum Gasteiger partial charge on any atom is -0.258 e. The average Bonchev–Trinajstić information content (AvgIpc) is 2.39. The van der Waals surface area contributed by atoms with E-state index in [1.165, 1.54) is 6.07 Å². The molecule has 0 radical (unpaired) electrons. The van der Waals surface area contributed by atoms with E-state index in [0.717, 1.165) is 0 Å². The number of rotatable bonds is 1. The van der Waals surface area contributed by atoms with Crippen molar-refractivity contribution in [2.24, 2.45) is 0 Å². The molecule has 6 heteroatoms. The second-order valence-electron chi connectivity index (χ2n) is 2.85. The molecule has 0 spiro atoms. The van der Waals surface area contributed by atoms with Crippen molar-refractivity contribution in [2.75, 3.05) is 0 Å². The molecule has 74 valence electrons. The summed E-state index contributed by atoms with van der Waals surface area (Å²) in [5.41, 5.74) is -1.05. The van der Waals surface area contributed by atoms with Crippen LogP contribution in [0.1, 0.15) is 0 Å². The van der Waals surface area contributed by atoms with Gasteiger partial charge in [0.05, 0.1) is 10.4 Å². The number of fused-ring (bicyclic) bond motifs is 1. The van der Waals surface area contributed by atoms with Crippen molar-refractivity contribution >= 4 is 16.6 Å². The number of nitro groups is 1. The molecule has 0 N–H and O–H groups in total. The summed E-state index contributed by atoms with van der Waals surface area (Å²) in [5.74, 6) is 0. The highest BCUT2D eigenvalue weighted by Crippen LogP contribution is 2.11. The van der Waals surface area contributed by atoms with Crippen molar-refractivity contribution in [3.05, 3.63) is 50.8 Å². The van der Waals surface area contributed by atoms with Crippen LogP contribution in [-0.4, -0.2) is 15.1 Å². The lowest BCUT2D eigenvalue weighted by molar-refractivity contribution is -0.386. The van der Waals surface area contributed by atoms with Gasteiger partial charge in [-0.2, -0.15) is 0 Å². The summed E-state index contributed by atoms with van der Waals surface area (Å²) in [6, 6.07) is 7.87. The lowest BCUT2D eigenvalue weighted by Gasteiger charge is -1.86. The summed E-state index contributed by atoms with van der Waals surface area (Å²) < 4.78 is 0. The standard InChI is InChI=1S/C9H5N3O3/c13-9-8(12(14)15)5-6-3-1-2-4-7(6)10-11-9/h1-5H. The van der Waals surface area contributed by atoms with Gasteiger partial charge in [-0.1, -0.05) is 18.2 Å². The highest BCUT2D eigenvalue weighted by molar-refractivity contribution is 5.78. The van der Waals surface area contributed by atoms with E-state index in [1.54, 1.807) is 24.3 Å². The molecule has 15 heavy (non-hydrogen) atoms. The highest BCUT2D eigenvalue weighted by Gasteiger charge is 2.12. The third kappa shape index (κ3) is 1.64. The van der Waals surface area contributed by atoms with Crippen LogP contribution in [0.4, 0.5) is 5.69 Å². The summed E-state index contributed by atoms with van der Waals surface area (Å²) in [7, 11) is 0. The maximum absolute atomic E-state index is 11.2. The molecule has 0 saturated heterocycles. The fourth-order valence-electron chi connectivity index (χ4n) is 1.19. The van der Waals surface area contributed by atoms with Crippen LogP contribution in [0.2, 0.25) is 0 Å². The number of hydrogen-bond donors (Lipinski definition) is 0. The zero-order chi connectivity index (χ0) is 10.8. The van der Waals surface area contributed by atoms with E-state index in [1.807, 2.05) is 0 Å². The first-order valence-electron chi connectivity index (χ1n) is 4.09. The fraction of sp³-hybridized carbons (Fsp3) is 0. The normalized spacial score (nSPS) is 10.1. The number of aromatic nitrogens is 2. The van der Waals surface area contributed by atoms with Crippen molar-refractivity contribution in [3.63, 3.8) is 0 Å². The topological polar surface area (TPSA) is 86.0 Å². The molecule has 1 heterocycles. The van der Waals surface area contributed by atoms with Crippen LogP contribution in [0.5, 0.6) is 0 Å². The number of nitrogens with zero attached hydrogens (tertiary/aromatic N) is 3. The molecule has 0 amide bonds. The van der Waals surface area contributed by atoms with Gasteiger partial charge in [0, 0.05) is 11.5 Å². The third-order valence-electron chi connectivity index (χ3n) is 1.89. The van der Waals surface area contributed by atoms with Crippen molar-refractivity contribution in [3.8, 4) is 0 Å². The molecule has 0 aliphatic heterocycles.